The molecule has 0 saturated heterocycles. The van der Waals surface area contributed by atoms with Crippen LogP contribution in [-0.4, -0.2) is 20.8 Å². The van der Waals surface area contributed by atoms with Crippen molar-refractivity contribution in [3.05, 3.63) is 65.7 Å². The van der Waals surface area contributed by atoms with E-state index in [9.17, 15) is 13.2 Å². The molecule has 0 fully saturated rings. The van der Waals surface area contributed by atoms with Crippen LogP contribution in [0.15, 0.2) is 54.6 Å². The molecule has 0 unspecified atom stereocenters. The van der Waals surface area contributed by atoms with Gasteiger partial charge in [-0.3, -0.25) is 0 Å². The Labute approximate surface area is 129 Å². The first kappa shape index (κ1) is 16.0. The zero-order valence-corrected chi connectivity index (χ0v) is 13.0. The number of carbonyl (C=O) groups excluding carboxylic acids is 1. The quantitative estimate of drug-likeness (QED) is 0.858. The van der Waals surface area contributed by atoms with Crippen molar-refractivity contribution in [2.24, 2.45) is 0 Å². The molecular formula is C16H17NO4S. The minimum atomic E-state index is -4.00. The summed E-state index contributed by atoms with van der Waals surface area (Å²) in [7, 11) is -2.26. The molecule has 5 nitrogen and oxygen atoms in total. The lowest BCUT2D eigenvalue weighted by Gasteiger charge is -2.07. The van der Waals surface area contributed by atoms with Crippen molar-refractivity contribution in [1.82, 2.24) is 0 Å². The Balaban J connectivity index is 2.01. The lowest BCUT2D eigenvalue weighted by molar-refractivity contribution is 0.165. The van der Waals surface area contributed by atoms with E-state index < -0.39 is 15.1 Å². The topological polar surface area (TPSA) is 72.5 Å². The fourth-order valence-corrected chi connectivity index (χ4v) is 2.88. The number of rotatable bonds is 5. The second-order valence-electron chi connectivity index (χ2n) is 4.73. The van der Waals surface area contributed by atoms with E-state index in [1.807, 2.05) is 12.1 Å². The van der Waals surface area contributed by atoms with Crippen molar-refractivity contribution >= 4 is 20.8 Å². The number of hydrogen-bond acceptors (Lipinski definition) is 5. The maximum Gasteiger partial charge on any atom is 0.425 e. The van der Waals surface area contributed by atoms with Crippen molar-refractivity contribution in [2.75, 3.05) is 12.4 Å². The van der Waals surface area contributed by atoms with Crippen molar-refractivity contribution in [1.29, 1.82) is 0 Å². The molecule has 0 aliphatic carbocycles. The standard InChI is InChI=1S/C16H17NO4S/c1-17-15-9-5-8-14(10-15)12-22(19,20)16(18)21-11-13-6-3-2-4-7-13/h2-10,17H,11-12H2,1H3. The van der Waals surface area contributed by atoms with Crippen molar-refractivity contribution < 1.29 is 17.9 Å². The van der Waals surface area contributed by atoms with Crippen LogP contribution in [0.5, 0.6) is 0 Å². The van der Waals surface area contributed by atoms with Crippen LogP contribution < -0.4 is 5.32 Å². The molecule has 0 atom stereocenters. The number of hydrogen-bond donors (Lipinski definition) is 1. The summed E-state index contributed by atoms with van der Waals surface area (Å²) in [6, 6.07) is 15.8. The van der Waals surface area contributed by atoms with E-state index in [4.69, 9.17) is 4.74 Å². The molecule has 22 heavy (non-hydrogen) atoms. The van der Waals surface area contributed by atoms with Gasteiger partial charge in [-0.2, -0.15) is 0 Å². The summed E-state index contributed by atoms with van der Waals surface area (Å²) in [5.74, 6) is -0.379. The van der Waals surface area contributed by atoms with Crippen LogP contribution in [0.25, 0.3) is 0 Å². The van der Waals surface area contributed by atoms with Gasteiger partial charge in [0.2, 0.25) is 0 Å². The number of benzene rings is 2. The minimum absolute atomic E-state index is 0.0601. The van der Waals surface area contributed by atoms with E-state index in [0.717, 1.165) is 11.3 Å². The SMILES string of the molecule is CNc1cccc(CS(=O)(=O)C(=O)OCc2ccccc2)c1. The predicted molar refractivity (Wildman–Crippen MR) is 85.2 cm³/mol. The van der Waals surface area contributed by atoms with Crippen LogP contribution in [0.4, 0.5) is 10.5 Å². The third kappa shape index (κ3) is 4.33. The Hall–Kier alpha value is -2.34. The lowest BCUT2D eigenvalue weighted by atomic mass is 10.2. The Morgan fingerprint density at radius 1 is 1.05 bits per heavy atom. The third-order valence-corrected chi connectivity index (χ3v) is 4.36. The maximum absolute atomic E-state index is 12.0. The van der Waals surface area contributed by atoms with Gasteiger partial charge in [-0.15, -0.1) is 0 Å². The summed E-state index contributed by atoms with van der Waals surface area (Å²) in [5, 5.41) is 1.72. The highest BCUT2D eigenvalue weighted by Crippen LogP contribution is 2.14. The van der Waals surface area contributed by atoms with Gasteiger partial charge >= 0.3 is 5.30 Å². The van der Waals surface area contributed by atoms with Crippen LogP contribution in [0.1, 0.15) is 11.1 Å². The molecule has 2 aromatic rings. The van der Waals surface area contributed by atoms with Crippen molar-refractivity contribution in [3.63, 3.8) is 0 Å². The molecule has 0 spiro atoms. The molecule has 0 bridgehead atoms. The average Bonchev–Trinajstić information content (AvgIpc) is 2.53. The van der Waals surface area contributed by atoms with Gasteiger partial charge in [-0.05, 0) is 23.3 Å². The monoisotopic (exact) mass is 319 g/mol. The van der Waals surface area contributed by atoms with E-state index in [1.165, 1.54) is 0 Å². The highest BCUT2D eigenvalue weighted by atomic mass is 32.2. The Morgan fingerprint density at radius 2 is 1.73 bits per heavy atom. The van der Waals surface area contributed by atoms with Crippen molar-refractivity contribution in [3.8, 4) is 0 Å². The smallest absolute Gasteiger partial charge is 0.425 e. The minimum Gasteiger partial charge on any atom is -0.449 e. The predicted octanol–water partition coefficient (Wildman–Crippen LogP) is 2.98. The van der Waals surface area contributed by atoms with Gasteiger partial charge in [0.25, 0.3) is 9.84 Å². The molecule has 2 aromatic carbocycles. The highest BCUT2D eigenvalue weighted by molar-refractivity contribution is 8.05. The van der Waals surface area contributed by atoms with E-state index in [0.29, 0.717) is 5.56 Å². The zero-order valence-electron chi connectivity index (χ0n) is 12.2. The van der Waals surface area contributed by atoms with Crippen molar-refractivity contribution in [2.45, 2.75) is 12.4 Å². The van der Waals surface area contributed by atoms with E-state index >= 15 is 0 Å². The largest absolute Gasteiger partial charge is 0.449 e. The molecule has 0 radical (unpaired) electrons. The molecule has 0 aliphatic heterocycles. The molecule has 2 rings (SSSR count). The van der Waals surface area contributed by atoms with Gasteiger partial charge in [0.05, 0.1) is 5.75 Å². The second kappa shape index (κ2) is 7.09. The first-order chi connectivity index (χ1) is 10.5. The van der Waals surface area contributed by atoms with Gasteiger partial charge < -0.3 is 10.1 Å². The lowest BCUT2D eigenvalue weighted by Crippen LogP contribution is -2.18. The van der Waals surface area contributed by atoms with Gasteiger partial charge in [-0.25, -0.2) is 13.2 Å². The number of ether oxygens (including phenoxy) is 1. The van der Waals surface area contributed by atoms with Crippen LogP contribution in [0.2, 0.25) is 0 Å². The Bertz CT molecular complexity index is 742. The van der Waals surface area contributed by atoms with E-state index in [-0.39, 0.29) is 12.4 Å². The zero-order chi connectivity index (χ0) is 16.0. The molecule has 0 saturated carbocycles. The Morgan fingerprint density at radius 3 is 2.41 bits per heavy atom. The molecule has 0 aromatic heterocycles. The van der Waals surface area contributed by atoms with Gasteiger partial charge in [-0.1, -0.05) is 42.5 Å². The fraction of sp³-hybridized carbons (Fsp3) is 0.188. The molecule has 0 amide bonds. The first-order valence-corrected chi connectivity index (χ1v) is 8.36. The number of sulfone groups is 1. The maximum atomic E-state index is 12.0. The van der Waals surface area contributed by atoms with Crippen LogP contribution in [-0.2, 0) is 26.9 Å². The fourth-order valence-electron chi connectivity index (χ4n) is 1.90. The molecule has 1 N–H and O–H groups in total. The van der Waals surface area contributed by atoms with Gasteiger partial charge in [0.15, 0.2) is 0 Å². The molecule has 116 valence electrons. The molecule has 0 aliphatic rings. The summed E-state index contributed by atoms with van der Waals surface area (Å²) in [6.07, 6.45) is 0. The third-order valence-electron chi connectivity index (χ3n) is 3.03. The van der Waals surface area contributed by atoms with Crippen LogP contribution in [0.3, 0.4) is 0 Å². The summed E-state index contributed by atoms with van der Waals surface area (Å²) in [5.41, 5.74) is 2.05. The van der Waals surface area contributed by atoms with Gasteiger partial charge in [0, 0.05) is 12.7 Å². The average molecular weight is 319 g/mol. The molecular weight excluding hydrogens is 302 g/mol. The highest BCUT2D eigenvalue weighted by Gasteiger charge is 2.24. The Kier molecular flexibility index (Phi) is 5.16. The second-order valence-corrected chi connectivity index (χ2v) is 6.59. The van der Waals surface area contributed by atoms with Crippen LogP contribution in [0, 0.1) is 0 Å². The number of anilines is 1. The van der Waals surface area contributed by atoms with Crippen LogP contribution >= 0.6 is 0 Å². The summed E-state index contributed by atoms with van der Waals surface area (Å²) < 4.78 is 28.9. The summed E-state index contributed by atoms with van der Waals surface area (Å²) in [4.78, 5) is 11.8. The first-order valence-electron chi connectivity index (χ1n) is 6.71. The number of nitrogens with one attached hydrogen (secondary N) is 1. The molecule has 6 heteroatoms. The van der Waals surface area contributed by atoms with E-state index in [1.54, 1.807) is 49.5 Å². The molecule has 0 heterocycles. The summed E-state index contributed by atoms with van der Waals surface area (Å²) in [6.45, 7) is -0.0601. The summed E-state index contributed by atoms with van der Waals surface area (Å²) >= 11 is 0. The normalized spacial score (nSPS) is 11.0. The van der Waals surface area contributed by atoms with E-state index in [2.05, 4.69) is 5.32 Å². The van der Waals surface area contributed by atoms with Gasteiger partial charge in [0.1, 0.15) is 6.61 Å². The number of carbonyl (C=O) groups is 1.